The van der Waals surface area contributed by atoms with E-state index < -0.39 is 23.5 Å². The first kappa shape index (κ1) is 24.5. The van der Waals surface area contributed by atoms with Crippen molar-refractivity contribution in [3.63, 3.8) is 0 Å². The minimum atomic E-state index is -4.53. The van der Waals surface area contributed by atoms with Crippen LogP contribution < -0.4 is 10.9 Å². The van der Waals surface area contributed by atoms with E-state index in [4.69, 9.17) is 0 Å². The summed E-state index contributed by atoms with van der Waals surface area (Å²) in [6.45, 7) is 0. The summed E-state index contributed by atoms with van der Waals surface area (Å²) in [6.07, 6.45) is -0.819. The lowest BCUT2D eigenvalue weighted by atomic mass is 9.97. The number of hydrogen-bond acceptors (Lipinski definition) is 5. The molecule has 1 aliphatic carbocycles. The number of amides is 1. The number of aryl methyl sites for hydroxylation is 2. The summed E-state index contributed by atoms with van der Waals surface area (Å²) < 4.78 is 53.9. The summed E-state index contributed by atoms with van der Waals surface area (Å²) in [7, 11) is 0. The second kappa shape index (κ2) is 9.70. The summed E-state index contributed by atoms with van der Waals surface area (Å²) in [5.41, 5.74) is 0.278. The molecular weight excluding hydrogens is 514 g/mol. The molecule has 0 unspecified atom stereocenters. The second-order valence-corrected chi connectivity index (χ2v) is 10.3. The summed E-state index contributed by atoms with van der Waals surface area (Å²) in [6, 6.07) is 9.78. The molecule has 2 aromatic heterocycles. The third-order valence-corrected chi connectivity index (χ3v) is 7.97. The van der Waals surface area contributed by atoms with E-state index in [0.29, 0.717) is 15.9 Å². The van der Waals surface area contributed by atoms with Crippen LogP contribution in [0.1, 0.15) is 28.8 Å². The van der Waals surface area contributed by atoms with E-state index in [2.05, 4.69) is 10.3 Å². The Kier molecular flexibility index (Phi) is 6.60. The van der Waals surface area contributed by atoms with Crippen LogP contribution in [0.25, 0.3) is 15.9 Å². The highest BCUT2D eigenvalue weighted by atomic mass is 32.2. The predicted octanol–water partition coefficient (Wildman–Crippen LogP) is 6.21. The van der Waals surface area contributed by atoms with Gasteiger partial charge in [0, 0.05) is 10.6 Å². The van der Waals surface area contributed by atoms with Gasteiger partial charge in [0.2, 0.25) is 5.91 Å². The number of carbonyl (C=O) groups excluding carboxylic acids is 1. The fraction of sp³-hybridized carbons (Fsp3) is 0.240. The molecule has 4 aromatic rings. The van der Waals surface area contributed by atoms with E-state index in [1.54, 1.807) is 0 Å². The predicted molar refractivity (Wildman–Crippen MR) is 133 cm³/mol. The van der Waals surface area contributed by atoms with Gasteiger partial charge in [0.15, 0.2) is 5.16 Å². The van der Waals surface area contributed by atoms with Crippen LogP contribution in [0.2, 0.25) is 0 Å². The Balaban J connectivity index is 1.47. The molecule has 1 aliphatic rings. The SMILES string of the molecule is O=C(CSc1nc2sc3c(c2c(=O)n1-c1ccc(F)cc1)CCCC3)Nc1cccc(C(F)(F)F)c1. The third kappa shape index (κ3) is 4.90. The van der Waals surface area contributed by atoms with Crippen LogP contribution in [0.3, 0.4) is 0 Å². The van der Waals surface area contributed by atoms with Crippen LogP contribution in [0.15, 0.2) is 58.5 Å². The largest absolute Gasteiger partial charge is 0.416 e. The molecule has 1 amide bonds. The normalized spacial score (nSPS) is 13.6. The third-order valence-electron chi connectivity index (χ3n) is 5.85. The molecular formula is C25H19F4N3O2S2. The van der Waals surface area contributed by atoms with Gasteiger partial charge in [0.1, 0.15) is 10.6 Å². The fourth-order valence-electron chi connectivity index (χ4n) is 4.20. The second-order valence-electron chi connectivity index (χ2n) is 8.32. The first-order chi connectivity index (χ1) is 17.2. The van der Waals surface area contributed by atoms with E-state index in [1.165, 1.54) is 52.3 Å². The molecule has 5 nitrogen and oxygen atoms in total. The highest BCUT2D eigenvalue weighted by molar-refractivity contribution is 7.99. The highest BCUT2D eigenvalue weighted by Crippen LogP contribution is 2.35. The van der Waals surface area contributed by atoms with Gasteiger partial charge in [-0.25, -0.2) is 9.37 Å². The maximum absolute atomic E-state index is 13.7. The monoisotopic (exact) mass is 533 g/mol. The zero-order valence-corrected chi connectivity index (χ0v) is 20.3. The number of carbonyl (C=O) groups is 1. The van der Waals surface area contributed by atoms with Crippen molar-refractivity contribution in [1.82, 2.24) is 9.55 Å². The van der Waals surface area contributed by atoms with Crippen LogP contribution in [-0.4, -0.2) is 21.2 Å². The molecule has 0 spiro atoms. The Hall–Kier alpha value is -3.18. The van der Waals surface area contributed by atoms with Gasteiger partial charge in [0.05, 0.1) is 22.4 Å². The summed E-state index contributed by atoms with van der Waals surface area (Å²) in [4.78, 5) is 32.6. The zero-order chi connectivity index (χ0) is 25.4. The van der Waals surface area contributed by atoms with Crippen molar-refractivity contribution in [2.75, 3.05) is 11.1 Å². The fourth-order valence-corrected chi connectivity index (χ4v) is 6.32. The molecule has 0 bridgehead atoms. The summed E-state index contributed by atoms with van der Waals surface area (Å²) in [5.74, 6) is -1.20. The number of aromatic nitrogens is 2. The van der Waals surface area contributed by atoms with Gasteiger partial charge in [-0.05, 0) is 73.7 Å². The van der Waals surface area contributed by atoms with E-state index in [1.807, 2.05) is 0 Å². The molecule has 0 atom stereocenters. The molecule has 0 fully saturated rings. The highest BCUT2D eigenvalue weighted by Gasteiger charge is 2.30. The van der Waals surface area contributed by atoms with Crippen molar-refractivity contribution >= 4 is 44.9 Å². The Labute approximate surface area is 211 Å². The number of halogens is 4. The topological polar surface area (TPSA) is 64.0 Å². The molecule has 0 saturated carbocycles. The number of alkyl halides is 3. The van der Waals surface area contributed by atoms with Gasteiger partial charge >= 0.3 is 6.18 Å². The Bertz CT molecular complexity index is 1510. The van der Waals surface area contributed by atoms with Crippen molar-refractivity contribution in [3.05, 3.63) is 80.7 Å². The van der Waals surface area contributed by atoms with E-state index in [0.717, 1.165) is 60.0 Å². The number of fused-ring (bicyclic) bond motifs is 3. The van der Waals surface area contributed by atoms with Crippen molar-refractivity contribution < 1.29 is 22.4 Å². The molecule has 0 radical (unpaired) electrons. The number of nitrogens with one attached hydrogen (secondary N) is 1. The van der Waals surface area contributed by atoms with Gasteiger partial charge in [0.25, 0.3) is 5.56 Å². The first-order valence-electron chi connectivity index (χ1n) is 11.1. The number of benzene rings is 2. The van der Waals surface area contributed by atoms with Crippen molar-refractivity contribution in [2.24, 2.45) is 0 Å². The molecule has 186 valence electrons. The molecule has 5 rings (SSSR count). The molecule has 2 aromatic carbocycles. The molecule has 0 saturated heterocycles. The van der Waals surface area contributed by atoms with Crippen LogP contribution in [0.4, 0.5) is 23.2 Å². The van der Waals surface area contributed by atoms with Gasteiger partial charge in [-0.3, -0.25) is 14.2 Å². The van der Waals surface area contributed by atoms with Crippen LogP contribution in [0.5, 0.6) is 0 Å². The number of anilines is 1. The molecule has 0 aliphatic heterocycles. The van der Waals surface area contributed by atoms with Crippen molar-refractivity contribution in [1.29, 1.82) is 0 Å². The average molecular weight is 534 g/mol. The standard InChI is InChI=1S/C25H19F4N3O2S2/c26-15-8-10-17(11-9-15)32-23(34)21-18-6-1-2-7-19(18)36-22(21)31-24(32)35-13-20(33)30-16-5-3-4-14(12-16)25(27,28)29/h3-5,8-12H,1-2,6-7,13H2,(H,30,33). The van der Waals surface area contributed by atoms with E-state index in [-0.39, 0.29) is 22.2 Å². The van der Waals surface area contributed by atoms with Gasteiger partial charge in [-0.1, -0.05) is 17.8 Å². The van der Waals surface area contributed by atoms with Crippen molar-refractivity contribution in [2.45, 2.75) is 37.0 Å². The minimum Gasteiger partial charge on any atom is -0.325 e. The van der Waals surface area contributed by atoms with E-state index in [9.17, 15) is 27.2 Å². The summed E-state index contributed by atoms with van der Waals surface area (Å²) >= 11 is 2.46. The maximum Gasteiger partial charge on any atom is 0.416 e. The molecule has 36 heavy (non-hydrogen) atoms. The number of thiophene rings is 1. The molecule has 2 heterocycles. The number of rotatable bonds is 5. The quantitative estimate of drug-likeness (QED) is 0.188. The first-order valence-corrected chi connectivity index (χ1v) is 12.9. The average Bonchev–Trinajstić information content (AvgIpc) is 3.22. The maximum atomic E-state index is 13.7. The molecule has 11 heteroatoms. The Morgan fingerprint density at radius 2 is 1.86 bits per heavy atom. The smallest absolute Gasteiger partial charge is 0.325 e. The Morgan fingerprint density at radius 1 is 1.11 bits per heavy atom. The van der Waals surface area contributed by atoms with Gasteiger partial charge < -0.3 is 5.32 Å². The number of nitrogens with zero attached hydrogens (tertiary/aromatic N) is 2. The van der Waals surface area contributed by atoms with Gasteiger partial charge in [-0.15, -0.1) is 11.3 Å². The Morgan fingerprint density at radius 3 is 2.61 bits per heavy atom. The number of thioether (sulfide) groups is 1. The van der Waals surface area contributed by atoms with E-state index >= 15 is 0 Å². The minimum absolute atomic E-state index is 0.0145. The zero-order valence-electron chi connectivity index (χ0n) is 18.7. The lowest BCUT2D eigenvalue weighted by Gasteiger charge is -2.14. The lowest BCUT2D eigenvalue weighted by Crippen LogP contribution is -2.23. The summed E-state index contributed by atoms with van der Waals surface area (Å²) in [5, 5.41) is 3.26. The lowest BCUT2D eigenvalue weighted by molar-refractivity contribution is -0.137. The van der Waals surface area contributed by atoms with Crippen LogP contribution in [-0.2, 0) is 23.8 Å². The molecule has 1 N–H and O–H groups in total. The van der Waals surface area contributed by atoms with Crippen LogP contribution in [0, 0.1) is 5.82 Å². The van der Waals surface area contributed by atoms with Crippen LogP contribution >= 0.6 is 23.1 Å². The van der Waals surface area contributed by atoms with Gasteiger partial charge in [-0.2, -0.15) is 13.2 Å². The number of hydrogen-bond donors (Lipinski definition) is 1. The van der Waals surface area contributed by atoms with Crippen molar-refractivity contribution in [3.8, 4) is 5.69 Å².